The van der Waals surface area contributed by atoms with E-state index >= 15 is 0 Å². The second-order valence-electron chi connectivity index (χ2n) is 5.55. The number of rotatable bonds is 6. The van der Waals surface area contributed by atoms with Gasteiger partial charge in [0.2, 0.25) is 0 Å². The van der Waals surface area contributed by atoms with Gasteiger partial charge in [-0.3, -0.25) is 0 Å². The van der Waals surface area contributed by atoms with Crippen molar-refractivity contribution in [3.05, 3.63) is 28.8 Å². The number of nitrogens with one attached hydrogen (secondary N) is 1. The van der Waals surface area contributed by atoms with Crippen LogP contribution in [-0.2, 0) is 6.54 Å². The molecule has 1 aromatic rings. The summed E-state index contributed by atoms with van der Waals surface area (Å²) in [6, 6.07) is 4.32. The molecule has 0 aliphatic heterocycles. The molecular weight excluding hydrogens is 224 g/mol. The van der Waals surface area contributed by atoms with Gasteiger partial charge >= 0.3 is 0 Å². The highest BCUT2D eigenvalue weighted by Crippen LogP contribution is 2.25. The predicted octanol–water partition coefficient (Wildman–Crippen LogP) is 2.53. The van der Waals surface area contributed by atoms with E-state index in [1.807, 2.05) is 0 Å². The lowest BCUT2D eigenvalue weighted by atomic mass is 9.99. The number of methoxy groups -OCH3 is 1. The van der Waals surface area contributed by atoms with Crippen molar-refractivity contribution in [2.24, 2.45) is 5.73 Å². The number of ether oxygens (including phenoxy) is 1. The maximum atomic E-state index is 5.62. The molecule has 0 radical (unpaired) electrons. The van der Waals surface area contributed by atoms with Crippen LogP contribution < -0.4 is 15.8 Å². The summed E-state index contributed by atoms with van der Waals surface area (Å²) in [6.07, 6.45) is 0.958. The number of benzene rings is 1. The number of hydrogen-bond acceptors (Lipinski definition) is 3. The fourth-order valence-electron chi connectivity index (χ4n) is 2.25. The van der Waals surface area contributed by atoms with Crippen LogP contribution in [-0.4, -0.2) is 19.2 Å². The molecule has 0 saturated carbocycles. The molecule has 0 unspecified atom stereocenters. The van der Waals surface area contributed by atoms with Gasteiger partial charge in [-0.15, -0.1) is 0 Å². The Hall–Kier alpha value is -1.06. The fourth-order valence-corrected chi connectivity index (χ4v) is 2.25. The molecule has 3 N–H and O–H groups in total. The SMILES string of the molecule is COc1c(C)cc(C)cc1CNC(C)(C)CCN. The van der Waals surface area contributed by atoms with Crippen LogP contribution in [0.3, 0.4) is 0 Å². The van der Waals surface area contributed by atoms with E-state index in [0.717, 1.165) is 18.7 Å². The molecule has 1 aromatic carbocycles. The molecule has 18 heavy (non-hydrogen) atoms. The molecule has 1 rings (SSSR count). The quantitative estimate of drug-likeness (QED) is 0.815. The smallest absolute Gasteiger partial charge is 0.126 e. The van der Waals surface area contributed by atoms with Crippen molar-refractivity contribution in [1.82, 2.24) is 5.32 Å². The summed E-state index contributed by atoms with van der Waals surface area (Å²) in [6.45, 7) is 10.0. The van der Waals surface area contributed by atoms with Gasteiger partial charge in [-0.1, -0.05) is 17.7 Å². The van der Waals surface area contributed by atoms with Gasteiger partial charge in [0.1, 0.15) is 5.75 Å². The van der Waals surface area contributed by atoms with Crippen LogP contribution in [0.15, 0.2) is 12.1 Å². The molecule has 0 aliphatic carbocycles. The van der Waals surface area contributed by atoms with Gasteiger partial charge in [0, 0.05) is 17.6 Å². The van der Waals surface area contributed by atoms with Gasteiger partial charge < -0.3 is 15.8 Å². The van der Waals surface area contributed by atoms with Crippen LogP contribution in [0.4, 0.5) is 0 Å². The predicted molar refractivity (Wildman–Crippen MR) is 77.1 cm³/mol. The van der Waals surface area contributed by atoms with E-state index in [4.69, 9.17) is 10.5 Å². The zero-order chi connectivity index (χ0) is 13.8. The van der Waals surface area contributed by atoms with Crippen molar-refractivity contribution in [2.75, 3.05) is 13.7 Å². The first-order valence-corrected chi connectivity index (χ1v) is 6.49. The summed E-state index contributed by atoms with van der Waals surface area (Å²) in [5, 5.41) is 3.55. The van der Waals surface area contributed by atoms with E-state index < -0.39 is 0 Å². The average molecular weight is 250 g/mol. The Morgan fingerprint density at radius 2 is 1.94 bits per heavy atom. The molecule has 0 atom stereocenters. The highest BCUT2D eigenvalue weighted by Gasteiger charge is 2.17. The van der Waals surface area contributed by atoms with Gasteiger partial charge in [0.15, 0.2) is 0 Å². The van der Waals surface area contributed by atoms with Crippen LogP contribution in [0.2, 0.25) is 0 Å². The van der Waals surface area contributed by atoms with Crippen LogP contribution in [0, 0.1) is 13.8 Å². The summed E-state index contributed by atoms with van der Waals surface area (Å²) < 4.78 is 5.49. The van der Waals surface area contributed by atoms with E-state index in [2.05, 4.69) is 45.1 Å². The molecule has 102 valence electrons. The van der Waals surface area contributed by atoms with E-state index in [-0.39, 0.29) is 5.54 Å². The summed E-state index contributed by atoms with van der Waals surface area (Å²) in [4.78, 5) is 0. The number of nitrogens with two attached hydrogens (primary N) is 1. The normalized spacial score (nSPS) is 11.7. The Labute approximate surface area is 111 Å². The molecule has 0 aromatic heterocycles. The Morgan fingerprint density at radius 3 is 2.50 bits per heavy atom. The third-order valence-electron chi connectivity index (χ3n) is 3.23. The Balaban J connectivity index is 2.84. The van der Waals surface area contributed by atoms with Crippen molar-refractivity contribution in [3.63, 3.8) is 0 Å². The number of aryl methyl sites for hydroxylation is 2. The van der Waals surface area contributed by atoms with E-state index in [0.29, 0.717) is 6.54 Å². The third-order valence-corrected chi connectivity index (χ3v) is 3.23. The maximum absolute atomic E-state index is 5.62. The first kappa shape index (κ1) is 15.0. The fraction of sp³-hybridized carbons (Fsp3) is 0.600. The molecule has 3 heteroatoms. The summed E-state index contributed by atoms with van der Waals surface area (Å²) in [7, 11) is 1.73. The molecule has 0 heterocycles. The largest absolute Gasteiger partial charge is 0.496 e. The maximum Gasteiger partial charge on any atom is 0.126 e. The van der Waals surface area contributed by atoms with Crippen molar-refractivity contribution in [2.45, 2.75) is 46.2 Å². The minimum Gasteiger partial charge on any atom is -0.496 e. The molecule has 3 nitrogen and oxygen atoms in total. The van der Waals surface area contributed by atoms with Crippen LogP contribution in [0.5, 0.6) is 5.75 Å². The monoisotopic (exact) mass is 250 g/mol. The second-order valence-corrected chi connectivity index (χ2v) is 5.55. The summed E-state index contributed by atoms with van der Waals surface area (Å²) in [5.74, 6) is 0.983. The highest BCUT2D eigenvalue weighted by atomic mass is 16.5. The van der Waals surface area contributed by atoms with Crippen molar-refractivity contribution in [3.8, 4) is 5.75 Å². The van der Waals surface area contributed by atoms with Gasteiger partial charge in [-0.05, 0) is 46.2 Å². The van der Waals surface area contributed by atoms with Crippen molar-refractivity contribution >= 4 is 0 Å². The van der Waals surface area contributed by atoms with E-state index in [1.165, 1.54) is 16.7 Å². The van der Waals surface area contributed by atoms with Gasteiger partial charge in [0.05, 0.1) is 7.11 Å². The minimum atomic E-state index is 0.0530. The Kier molecular flexibility index (Phi) is 5.17. The van der Waals surface area contributed by atoms with Gasteiger partial charge in [0.25, 0.3) is 0 Å². The van der Waals surface area contributed by atoms with Gasteiger partial charge in [-0.2, -0.15) is 0 Å². The molecule has 0 saturated heterocycles. The lowest BCUT2D eigenvalue weighted by molar-refractivity contribution is 0.356. The molecular formula is C15H26N2O. The van der Waals surface area contributed by atoms with Crippen LogP contribution >= 0.6 is 0 Å². The summed E-state index contributed by atoms with van der Waals surface area (Å²) >= 11 is 0. The van der Waals surface area contributed by atoms with Crippen LogP contribution in [0.25, 0.3) is 0 Å². The van der Waals surface area contributed by atoms with Crippen LogP contribution in [0.1, 0.15) is 37.0 Å². The zero-order valence-electron chi connectivity index (χ0n) is 12.3. The first-order valence-electron chi connectivity index (χ1n) is 6.49. The lowest BCUT2D eigenvalue weighted by Crippen LogP contribution is -2.40. The minimum absolute atomic E-state index is 0.0530. The number of hydrogen-bond donors (Lipinski definition) is 2. The van der Waals surface area contributed by atoms with E-state index in [1.54, 1.807) is 7.11 Å². The van der Waals surface area contributed by atoms with Crippen molar-refractivity contribution < 1.29 is 4.74 Å². The standard InChI is InChI=1S/C15H26N2O/c1-11-8-12(2)14(18-5)13(9-11)10-17-15(3,4)6-7-16/h8-9,17H,6-7,10,16H2,1-5H3. The molecule has 0 spiro atoms. The zero-order valence-corrected chi connectivity index (χ0v) is 12.3. The van der Waals surface area contributed by atoms with E-state index in [9.17, 15) is 0 Å². The lowest BCUT2D eigenvalue weighted by Gasteiger charge is -2.26. The first-order chi connectivity index (χ1) is 8.39. The highest BCUT2D eigenvalue weighted by molar-refractivity contribution is 5.43. The molecule has 0 amide bonds. The Bertz CT molecular complexity index is 400. The summed E-state index contributed by atoms with van der Waals surface area (Å²) in [5.41, 5.74) is 9.34. The third kappa shape index (κ3) is 4.00. The second kappa shape index (κ2) is 6.21. The molecule has 0 fully saturated rings. The Morgan fingerprint density at radius 1 is 1.28 bits per heavy atom. The van der Waals surface area contributed by atoms with Crippen molar-refractivity contribution in [1.29, 1.82) is 0 Å². The average Bonchev–Trinajstić information content (AvgIpc) is 2.26. The topological polar surface area (TPSA) is 47.3 Å². The molecule has 0 bridgehead atoms. The van der Waals surface area contributed by atoms with Gasteiger partial charge in [-0.25, -0.2) is 0 Å². The molecule has 0 aliphatic rings.